The zero-order valence-electron chi connectivity index (χ0n) is 15.9. The van der Waals surface area contributed by atoms with Gasteiger partial charge in [-0.05, 0) is 72.7 Å². The third-order valence-corrected chi connectivity index (χ3v) is 5.86. The summed E-state index contributed by atoms with van der Waals surface area (Å²) in [7, 11) is -3.94. The van der Waals surface area contributed by atoms with E-state index in [0.29, 0.717) is 16.8 Å². The highest BCUT2D eigenvalue weighted by Crippen LogP contribution is 2.28. The molecule has 0 radical (unpaired) electrons. The van der Waals surface area contributed by atoms with Crippen LogP contribution in [-0.2, 0) is 16.6 Å². The molecular weight excluding hydrogens is 407 g/mol. The summed E-state index contributed by atoms with van der Waals surface area (Å²) in [6.45, 7) is -2.41. The van der Waals surface area contributed by atoms with Gasteiger partial charge in [0, 0.05) is 21.3 Å². The highest BCUT2D eigenvalue weighted by atomic mass is 79.9. The first kappa shape index (κ1) is 14.2. The molecule has 2 aromatic carbocycles. The van der Waals surface area contributed by atoms with Crippen molar-refractivity contribution in [3.8, 4) is 11.3 Å². The summed E-state index contributed by atoms with van der Waals surface area (Å²) in [6, 6.07) is 13.2. The van der Waals surface area contributed by atoms with Crippen molar-refractivity contribution in [1.82, 2.24) is 9.29 Å². The molecule has 0 spiro atoms. The van der Waals surface area contributed by atoms with Gasteiger partial charge in [-0.3, -0.25) is 0 Å². The second kappa shape index (κ2) is 7.11. The Balaban J connectivity index is 2.10. The van der Waals surface area contributed by atoms with Gasteiger partial charge in [0.15, 0.2) is 0 Å². The van der Waals surface area contributed by atoms with Crippen molar-refractivity contribution < 1.29 is 16.9 Å². The van der Waals surface area contributed by atoms with Crippen LogP contribution in [0.2, 0.25) is 0 Å². The Morgan fingerprint density at radius 3 is 2.48 bits per heavy atom. The molecule has 0 aliphatic heterocycles. The van der Waals surface area contributed by atoms with Crippen LogP contribution < -0.4 is 5.32 Å². The fourth-order valence-electron chi connectivity index (χ4n) is 2.45. The Labute approximate surface area is 158 Å². The molecule has 0 aliphatic rings. The SMILES string of the molecule is [2H]C([2H])([2H])NCc1cc(-c2ccc(F)cc2)n(S(=O)(=O)c2ccc(Br)cc2)c1. The van der Waals surface area contributed by atoms with Gasteiger partial charge in [0.05, 0.1) is 10.6 Å². The van der Waals surface area contributed by atoms with Crippen molar-refractivity contribution in [3.63, 3.8) is 0 Å². The number of nitrogens with one attached hydrogen (secondary N) is 1. The third kappa shape index (κ3) is 3.68. The van der Waals surface area contributed by atoms with Crippen molar-refractivity contribution in [3.05, 3.63) is 76.6 Å². The lowest BCUT2D eigenvalue weighted by Gasteiger charge is -2.11. The maximum absolute atomic E-state index is 13.3. The second-order valence-corrected chi connectivity index (χ2v) is 8.08. The highest BCUT2D eigenvalue weighted by molar-refractivity contribution is 9.10. The van der Waals surface area contributed by atoms with E-state index in [1.54, 1.807) is 18.2 Å². The normalized spacial score (nSPS) is 13.9. The van der Waals surface area contributed by atoms with Crippen LogP contribution in [-0.4, -0.2) is 19.4 Å². The standard InChI is InChI=1S/C18H16BrFN2O2S/c1-21-11-13-10-18(14-2-6-16(20)7-3-14)22(12-13)25(23,24)17-8-4-15(19)5-9-17/h2-10,12,21H,11H2,1H3/i1D3. The monoisotopic (exact) mass is 425 g/mol. The van der Waals surface area contributed by atoms with E-state index >= 15 is 0 Å². The summed E-state index contributed by atoms with van der Waals surface area (Å²) >= 11 is 3.27. The number of benzene rings is 2. The summed E-state index contributed by atoms with van der Waals surface area (Å²) in [5, 5.41) is 2.36. The number of hydrogen-bond acceptors (Lipinski definition) is 3. The predicted molar refractivity (Wildman–Crippen MR) is 99.3 cm³/mol. The summed E-state index contributed by atoms with van der Waals surface area (Å²) in [6.07, 6.45) is 1.37. The molecule has 25 heavy (non-hydrogen) atoms. The lowest BCUT2D eigenvalue weighted by Crippen LogP contribution is -2.13. The van der Waals surface area contributed by atoms with E-state index in [2.05, 4.69) is 21.2 Å². The lowest BCUT2D eigenvalue weighted by molar-refractivity contribution is 0.588. The van der Waals surface area contributed by atoms with E-state index in [4.69, 9.17) is 4.11 Å². The molecule has 0 aliphatic carbocycles. The highest BCUT2D eigenvalue weighted by Gasteiger charge is 2.21. The number of halogens is 2. The van der Waals surface area contributed by atoms with Crippen LogP contribution in [0.3, 0.4) is 0 Å². The second-order valence-electron chi connectivity index (χ2n) is 5.35. The van der Waals surface area contributed by atoms with E-state index in [1.807, 2.05) is 0 Å². The van der Waals surface area contributed by atoms with Gasteiger partial charge in [-0.15, -0.1) is 0 Å². The van der Waals surface area contributed by atoms with E-state index in [0.717, 1.165) is 8.45 Å². The van der Waals surface area contributed by atoms with Crippen LogP contribution in [0.25, 0.3) is 11.3 Å². The van der Waals surface area contributed by atoms with Crippen molar-refractivity contribution in [1.29, 1.82) is 0 Å². The molecule has 1 heterocycles. The van der Waals surface area contributed by atoms with Crippen molar-refractivity contribution >= 4 is 26.0 Å². The molecule has 1 aromatic heterocycles. The van der Waals surface area contributed by atoms with Gasteiger partial charge >= 0.3 is 0 Å². The molecule has 1 N–H and O–H groups in total. The van der Waals surface area contributed by atoms with Crippen molar-refractivity contribution in [2.24, 2.45) is 0 Å². The molecule has 4 nitrogen and oxygen atoms in total. The summed E-state index contributed by atoms with van der Waals surface area (Å²) < 4.78 is 63.2. The fourth-order valence-corrected chi connectivity index (χ4v) is 4.11. The Morgan fingerprint density at radius 1 is 1.16 bits per heavy atom. The summed E-state index contributed by atoms with van der Waals surface area (Å²) in [4.78, 5) is 0.0741. The van der Waals surface area contributed by atoms with Crippen LogP contribution in [0.5, 0.6) is 0 Å². The van der Waals surface area contributed by atoms with Gasteiger partial charge < -0.3 is 5.32 Å². The number of hydrogen-bond donors (Lipinski definition) is 1. The smallest absolute Gasteiger partial charge is 0.268 e. The molecule has 0 saturated carbocycles. The topological polar surface area (TPSA) is 51.1 Å². The van der Waals surface area contributed by atoms with Gasteiger partial charge in [0.25, 0.3) is 10.0 Å². The Hall–Kier alpha value is -1.96. The van der Waals surface area contributed by atoms with Gasteiger partial charge in [0.2, 0.25) is 0 Å². The summed E-state index contributed by atoms with van der Waals surface area (Å²) in [5.41, 5.74) is 1.27. The largest absolute Gasteiger partial charge is 0.316 e. The van der Waals surface area contributed by atoms with Crippen LogP contribution in [0.1, 0.15) is 9.68 Å². The van der Waals surface area contributed by atoms with E-state index in [-0.39, 0.29) is 11.4 Å². The molecule has 0 unspecified atom stereocenters. The molecule has 0 saturated heterocycles. The van der Waals surface area contributed by atoms with Gasteiger partial charge in [-0.1, -0.05) is 15.9 Å². The number of rotatable bonds is 5. The van der Waals surface area contributed by atoms with E-state index in [9.17, 15) is 12.8 Å². The zero-order chi connectivity index (χ0) is 20.5. The van der Waals surface area contributed by atoms with E-state index < -0.39 is 22.8 Å². The molecule has 3 rings (SSSR count). The summed E-state index contributed by atoms with van der Waals surface area (Å²) in [5.74, 6) is -0.443. The molecule has 0 amide bonds. The first-order valence-corrected chi connectivity index (χ1v) is 9.53. The molecule has 0 atom stereocenters. The minimum Gasteiger partial charge on any atom is -0.316 e. The van der Waals surface area contributed by atoms with Crippen LogP contribution in [0.4, 0.5) is 4.39 Å². The molecule has 7 heteroatoms. The first-order valence-electron chi connectivity index (χ1n) is 8.80. The molecular formula is C18H16BrFN2O2S. The van der Waals surface area contributed by atoms with Gasteiger partial charge in [-0.2, -0.15) is 0 Å². The Kier molecular flexibility index (Phi) is 4.05. The average Bonchev–Trinajstić information content (AvgIpc) is 3.06. The average molecular weight is 426 g/mol. The lowest BCUT2D eigenvalue weighted by atomic mass is 10.1. The minimum absolute atomic E-state index is 0.0481. The third-order valence-electron chi connectivity index (χ3n) is 3.65. The first-order chi connectivity index (χ1) is 13.1. The van der Waals surface area contributed by atoms with Crippen LogP contribution in [0.15, 0.2) is 70.2 Å². The zero-order valence-corrected chi connectivity index (χ0v) is 15.3. The van der Waals surface area contributed by atoms with Crippen molar-refractivity contribution in [2.75, 3.05) is 6.98 Å². The Morgan fingerprint density at radius 2 is 1.84 bits per heavy atom. The molecule has 130 valence electrons. The van der Waals surface area contributed by atoms with Gasteiger partial charge in [-0.25, -0.2) is 16.8 Å². The number of aromatic nitrogens is 1. The maximum atomic E-state index is 13.3. The molecule has 3 aromatic rings. The predicted octanol–water partition coefficient (Wildman–Crippen LogP) is 4.01. The minimum atomic E-state index is -3.94. The van der Waals surface area contributed by atoms with Gasteiger partial charge in [0.1, 0.15) is 5.82 Å². The molecule has 0 bridgehead atoms. The van der Waals surface area contributed by atoms with Crippen molar-refractivity contribution in [2.45, 2.75) is 11.4 Å². The Bertz CT molecular complexity index is 1080. The van der Waals surface area contributed by atoms with Crippen LogP contribution >= 0.6 is 15.9 Å². The molecule has 0 fully saturated rings. The van der Waals surface area contributed by atoms with Crippen LogP contribution in [0, 0.1) is 5.82 Å². The quantitative estimate of drug-likeness (QED) is 0.671. The number of nitrogens with zero attached hydrogens (tertiary/aromatic N) is 1. The van der Waals surface area contributed by atoms with E-state index in [1.165, 1.54) is 42.6 Å². The fraction of sp³-hybridized carbons (Fsp3) is 0.111. The maximum Gasteiger partial charge on any atom is 0.268 e.